The van der Waals surface area contributed by atoms with Gasteiger partial charge in [0.1, 0.15) is 0 Å². The highest BCUT2D eigenvalue weighted by Crippen LogP contribution is 2.36. The number of halogens is 3. The Hall–Kier alpha value is -1.40. The molecule has 2 rings (SSSR count). The second-order valence-corrected chi connectivity index (χ2v) is 5.46. The van der Waals surface area contributed by atoms with Gasteiger partial charge >= 0.3 is 6.18 Å². The summed E-state index contributed by atoms with van der Waals surface area (Å²) in [5, 5.41) is 2.47. The Morgan fingerprint density at radius 2 is 2.10 bits per heavy atom. The summed E-state index contributed by atoms with van der Waals surface area (Å²) in [6.07, 6.45) is -3.10. The number of hydrogen-bond acceptors (Lipinski definition) is 3. The first-order chi connectivity index (χ1) is 9.41. The van der Waals surface area contributed by atoms with E-state index in [0.29, 0.717) is 16.2 Å². The van der Waals surface area contributed by atoms with Gasteiger partial charge in [-0.1, -0.05) is 25.1 Å². The van der Waals surface area contributed by atoms with E-state index in [1.54, 1.807) is 6.07 Å². The Balaban J connectivity index is 2.29. The van der Waals surface area contributed by atoms with E-state index in [0.717, 1.165) is 17.7 Å². The summed E-state index contributed by atoms with van der Waals surface area (Å²) in [6, 6.07) is 7.68. The van der Waals surface area contributed by atoms with E-state index in [4.69, 9.17) is 0 Å². The molecule has 2 nitrogen and oxygen atoms in total. The Labute approximate surface area is 119 Å². The standard InChI is InChI=1S/C14H15F3N2S/c1-3-18-9(2)10-5-4-6-11(7-10)12-8-19-13(20-12)14(15,16)17/h4-9,18H,3H2,1-2H3. The normalized spacial score (nSPS) is 13.4. The van der Waals surface area contributed by atoms with Crippen LogP contribution in [0.2, 0.25) is 0 Å². The minimum Gasteiger partial charge on any atom is -0.310 e. The molecule has 108 valence electrons. The third kappa shape index (κ3) is 3.37. The van der Waals surface area contributed by atoms with Crippen molar-refractivity contribution in [3.63, 3.8) is 0 Å². The van der Waals surface area contributed by atoms with Gasteiger partial charge in [-0.2, -0.15) is 13.2 Å². The highest BCUT2D eigenvalue weighted by molar-refractivity contribution is 7.15. The van der Waals surface area contributed by atoms with Crippen LogP contribution in [0.1, 0.15) is 30.5 Å². The molecule has 1 N–H and O–H groups in total. The molecule has 0 fully saturated rings. The number of benzene rings is 1. The first-order valence-corrected chi connectivity index (χ1v) is 7.10. The van der Waals surface area contributed by atoms with Crippen molar-refractivity contribution < 1.29 is 13.2 Å². The van der Waals surface area contributed by atoms with Gasteiger partial charge in [-0.3, -0.25) is 0 Å². The number of aromatic nitrogens is 1. The molecular formula is C14H15F3N2S. The van der Waals surface area contributed by atoms with Crippen LogP contribution in [-0.2, 0) is 6.18 Å². The van der Waals surface area contributed by atoms with Gasteiger partial charge in [-0.25, -0.2) is 4.98 Å². The van der Waals surface area contributed by atoms with E-state index in [9.17, 15) is 13.2 Å². The molecule has 2 aromatic rings. The molecule has 0 saturated carbocycles. The second-order valence-electron chi connectivity index (χ2n) is 4.43. The lowest BCUT2D eigenvalue weighted by Crippen LogP contribution is -2.17. The minimum atomic E-state index is -4.38. The zero-order valence-electron chi connectivity index (χ0n) is 11.2. The quantitative estimate of drug-likeness (QED) is 0.899. The van der Waals surface area contributed by atoms with Crippen LogP contribution in [0, 0.1) is 0 Å². The van der Waals surface area contributed by atoms with Crippen molar-refractivity contribution in [2.24, 2.45) is 0 Å². The van der Waals surface area contributed by atoms with E-state index in [-0.39, 0.29) is 6.04 Å². The van der Waals surface area contributed by atoms with E-state index in [2.05, 4.69) is 10.3 Å². The molecule has 1 atom stereocenters. The smallest absolute Gasteiger partial charge is 0.310 e. The van der Waals surface area contributed by atoms with Gasteiger partial charge in [0.2, 0.25) is 0 Å². The Morgan fingerprint density at radius 3 is 2.70 bits per heavy atom. The Morgan fingerprint density at radius 1 is 1.35 bits per heavy atom. The third-order valence-electron chi connectivity index (χ3n) is 2.93. The molecule has 1 unspecified atom stereocenters. The summed E-state index contributed by atoms with van der Waals surface area (Å²) < 4.78 is 37.7. The summed E-state index contributed by atoms with van der Waals surface area (Å²) in [6.45, 7) is 4.87. The van der Waals surface area contributed by atoms with Gasteiger partial charge in [0, 0.05) is 12.2 Å². The van der Waals surface area contributed by atoms with Crippen LogP contribution in [-0.4, -0.2) is 11.5 Å². The van der Waals surface area contributed by atoms with E-state index < -0.39 is 11.2 Å². The molecule has 0 radical (unpaired) electrons. The average Bonchev–Trinajstić information content (AvgIpc) is 2.89. The van der Waals surface area contributed by atoms with Crippen LogP contribution in [0.4, 0.5) is 13.2 Å². The third-order valence-corrected chi connectivity index (χ3v) is 4.02. The van der Waals surface area contributed by atoms with Gasteiger partial charge < -0.3 is 5.32 Å². The zero-order chi connectivity index (χ0) is 14.8. The van der Waals surface area contributed by atoms with E-state index in [1.165, 1.54) is 6.20 Å². The van der Waals surface area contributed by atoms with Crippen molar-refractivity contribution in [3.05, 3.63) is 41.0 Å². The van der Waals surface area contributed by atoms with Crippen molar-refractivity contribution in [2.45, 2.75) is 26.1 Å². The summed E-state index contributed by atoms with van der Waals surface area (Å²) in [4.78, 5) is 3.98. The predicted octanol–water partition coefficient (Wildman–Crippen LogP) is 4.50. The fourth-order valence-corrected chi connectivity index (χ4v) is 2.70. The summed E-state index contributed by atoms with van der Waals surface area (Å²) in [7, 11) is 0. The van der Waals surface area contributed by atoms with Crippen LogP contribution in [0.25, 0.3) is 10.4 Å². The van der Waals surface area contributed by atoms with Crippen molar-refractivity contribution in [3.8, 4) is 10.4 Å². The van der Waals surface area contributed by atoms with Gasteiger partial charge in [0.15, 0.2) is 5.01 Å². The number of alkyl halides is 3. The van der Waals surface area contributed by atoms with Crippen LogP contribution in [0.3, 0.4) is 0 Å². The SMILES string of the molecule is CCNC(C)c1cccc(-c2cnc(C(F)(F)F)s2)c1. The zero-order valence-corrected chi connectivity index (χ0v) is 12.0. The Kier molecular flexibility index (Phi) is 4.45. The maximum absolute atomic E-state index is 12.6. The van der Waals surface area contributed by atoms with Gasteiger partial charge in [0.05, 0.1) is 4.88 Å². The van der Waals surface area contributed by atoms with Gasteiger partial charge in [-0.05, 0) is 30.7 Å². The maximum Gasteiger partial charge on any atom is 0.443 e. The lowest BCUT2D eigenvalue weighted by atomic mass is 10.0. The number of nitrogens with zero attached hydrogens (tertiary/aromatic N) is 1. The molecule has 0 aliphatic rings. The highest BCUT2D eigenvalue weighted by atomic mass is 32.1. The van der Waals surface area contributed by atoms with Crippen LogP contribution in [0.15, 0.2) is 30.5 Å². The first-order valence-electron chi connectivity index (χ1n) is 6.28. The van der Waals surface area contributed by atoms with Crippen molar-refractivity contribution in [1.82, 2.24) is 10.3 Å². The van der Waals surface area contributed by atoms with Crippen LogP contribution in [0.5, 0.6) is 0 Å². The van der Waals surface area contributed by atoms with Gasteiger partial charge in [0.25, 0.3) is 0 Å². The molecule has 0 amide bonds. The van der Waals surface area contributed by atoms with Crippen LogP contribution < -0.4 is 5.32 Å². The molecule has 0 aliphatic carbocycles. The van der Waals surface area contributed by atoms with E-state index in [1.807, 2.05) is 32.0 Å². The van der Waals surface area contributed by atoms with E-state index >= 15 is 0 Å². The lowest BCUT2D eigenvalue weighted by Gasteiger charge is -2.13. The van der Waals surface area contributed by atoms with Crippen molar-refractivity contribution in [1.29, 1.82) is 0 Å². The van der Waals surface area contributed by atoms with Gasteiger partial charge in [-0.15, -0.1) is 11.3 Å². The summed E-state index contributed by atoms with van der Waals surface area (Å²) in [5.74, 6) is 0. The number of thiazole rings is 1. The monoisotopic (exact) mass is 300 g/mol. The molecule has 1 aromatic carbocycles. The molecule has 0 aliphatic heterocycles. The fraction of sp³-hybridized carbons (Fsp3) is 0.357. The van der Waals surface area contributed by atoms with Crippen LogP contribution >= 0.6 is 11.3 Å². The minimum absolute atomic E-state index is 0.162. The molecule has 0 saturated heterocycles. The largest absolute Gasteiger partial charge is 0.443 e. The summed E-state index contributed by atoms with van der Waals surface area (Å²) in [5.41, 5.74) is 1.81. The molecule has 1 aromatic heterocycles. The predicted molar refractivity (Wildman–Crippen MR) is 74.6 cm³/mol. The average molecular weight is 300 g/mol. The molecule has 20 heavy (non-hydrogen) atoms. The van der Waals surface area contributed by atoms with Crippen molar-refractivity contribution in [2.75, 3.05) is 6.54 Å². The molecule has 0 spiro atoms. The topological polar surface area (TPSA) is 24.9 Å². The number of hydrogen-bond donors (Lipinski definition) is 1. The Bertz CT molecular complexity index is 578. The number of rotatable bonds is 4. The lowest BCUT2D eigenvalue weighted by molar-refractivity contribution is -0.137. The molecule has 6 heteroatoms. The molecule has 0 bridgehead atoms. The maximum atomic E-state index is 12.6. The molecular weight excluding hydrogens is 285 g/mol. The fourth-order valence-electron chi connectivity index (χ4n) is 1.92. The first kappa shape index (κ1) is 15.0. The van der Waals surface area contributed by atoms with Crippen molar-refractivity contribution >= 4 is 11.3 Å². The molecule has 1 heterocycles. The highest BCUT2D eigenvalue weighted by Gasteiger charge is 2.34. The summed E-state index contributed by atoms with van der Waals surface area (Å²) >= 11 is 0.670. The second kappa shape index (κ2) is 5.93. The number of nitrogens with one attached hydrogen (secondary N) is 1.